The third-order valence-corrected chi connectivity index (χ3v) is 10.8. The van der Waals surface area contributed by atoms with Gasteiger partial charge in [-0.1, -0.05) is 107 Å². The highest BCUT2D eigenvalue weighted by atomic mass is 79.9. The molecule has 7 nitrogen and oxygen atoms in total. The summed E-state index contributed by atoms with van der Waals surface area (Å²) in [5.41, 5.74) is 2.20. The van der Waals surface area contributed by atoms with E-state index in [1.165, 1.54) is 23.1 Å². The molecule has 1 aliphatic carbocycles. The van der Waals surface area contributed by atoms with Gasteiger partial charge < -0.3 is 10.2 Å². The summed E-state index contributed by atoms with van der Waals surface area (Å²) in [6.45, 7) is 1.03. The molecular formula is C37H39BrFN3O4S. The standard InChI is InChI=1S/C37H39BrFN3O4S/c1-27-19-21-33(22-20-27)47(45,46)42(32-17-10-14-30(38)24-32)26-36(43)41(25-29-13-8-9-18-34(29)39)35(23-28-11-4-2-5-12-28)37(44)40-31-15-6-3-7-16-31/h2,4-5,8-14,17-22,24,31,35H,3,6-7,15-16,23,25-26H2,1H3,(H,40,44). The van der Waals surface area contributed by atoms with Crippen LogP contribution in [-0.4, -0.2) is 43.8 Å². The number of sulfonamides is 1. The fourth-order valence-electron chi connectivity index (χ4n) is 5.91. The van der Waals surface area contributed by atoms with E-state index in [0.717, 1.165) is 47.5 Å². The number of nitrogens with zero attached hydrogens (tertiary/aromatic N) is 2. The van der Waals surface area contributed by atoms with E-state index in [9.17, 15) is 18.0 Å². The molecule has 246 valence electrons. The van der Waals surface area contributed by atoms with Crippen LogP contribution in [-0.2, 0) is 32.6 Å². The highest BCUT2D eigenvalue weighted by molar-refractivity contribution is 9.10. The first-order valence-electron chi connectivity index (χ1n) is 15.8. The minimum absolute atomic E-state index is 0.0207. The van der Waals surface area contributed by atoms with Crippen LogP contribution >= 0.6 is 15.9 Å². The second-order valence-electron chi connectivity index (χ2n) is 12.0. The maximum Gasteiger partial charge on any atom is 0.264 e. The van der Waals surface area contributed by atoms with Crippen molar-refractivity contribution in [2.45, 2.75) is 69.0 Å². The molecule has 4 aromatic rings. The lowest BCUT2D eigenvalue weighted by Gasteiger charge is -2.35. The van der Waals surface area contributed by atoms with E-state index in [1.807, 2.05) is 37.3 Å². The number of carbonyl (C=O) groups excluding carboxylic acids is 2. The first kappa shape index (κ1) is 34.3. The summed E-state index contributed by atoms with van der Waals surface area (Å²) in [4.78, 5) is 30.1. The van der Waals surface area contributed by atoms with E-state index >= 15 is 4.39 Å². The van der Waals surface area contributed by atoms with Gasteiger partial charge in [-0.05, 0) is 61.7 Å². The number of amides is 2. The molecule has 1 aliphatic rings. The third-order valence-electron chi connectivity index (χ3n) is 8.51. The summed E-state index contributed by atoms with van der Waals surface area (Å²) in [7, 11) is -4.23. The van der Waals surface area contributed by atoms with E-state index in [4.69, 9.17) is 0 Å². The summed E-state index contributed by atoms with van der Waals surface area (Å²) in [5.74, 6) is -1.50. The van der Waals surface area contributed by atoms with Crippen molar-refractivity contribution >= 4 is 43.5 Å². The Morgan fingerprint density at radius 2 is 1.57 bits per heavy atom. The van der Waals surface area contributed by atoms with Crippen molar-refractivity contribution in [1.29, 1.82) is 0 Å². The molecule has 0 heterocycles. The molecular weight excluding hydrogens is 681 g/mol. The average Bonchev–Trinajstić information content (AvgIpc) is 3.07. The summed E-state index contributed by atoms with van der Waals surface area (Å²) in [6.07, 6.45) is 4.97. The van der Waals surface area contributed by atoms with Crippen molar-refractivity contribution in [3.8, 4) is 0 Å². The number of anilines is 1. The molecule has 0 saturated heterocycles. The minimum Gasteiger partial charge on any atom is -0.352 e. The first-order chi connectivity index (χ1) is 22.6. The quantitative estimate of drug-likeness (QED) is 0.168. The van der Waals surface area contributed by atoms with Crippen LogP contribution < -0.4 is 9.62 Å². The van der Waals surface area contributed by atoms with Crippen molar-refractivity contribution < 1.29 is 22.4 Å². The number of carbonyl (C=O) groups is 2. The number of nitrogens with one attached hydrogen (secondary N) is 1. The van der Waals surface area contributed by atoms with Gasteiger partial charge in [0.25, 0.3) is 10.0 Å². The molecule has 1 fully saturated rings. The molecule has 0 spiro atoms. The second kappa shape index (κ2) is 15.7. The molecule has 1 saturated carbocycles. The number of hydrogen-bond donors (Lipinski definition) is 1. The molecule has 0 aromatic heterocycles. The summed E-state index contributed by atoms with van der Waals surface area (Å²) in [6, 6.07) is 27.5. The zero-order valence-electron chi connectivity index (χ0n) is 26.3. The largest absolute Gasteiger partial charge is 0.352 e. The fourth-order valence-corrected chi connectivity index (χ4v) is 7.70. The van der Waals surface area contributed by atoms with Gasteiger partial charge >= 0.3 is 0 Å². The molecule has 1 N–H and O–H groups in total. The molecule has 0 aliphatic heterocycles. The lowest BCUT2D eigenvalue weighted by Crippen LogP contribution is -2.55. The number of halogens is 2. The topological polar surface area (TPSA) is 86.8 Å². The molecule has 47 heavy (non-hydrogen) atoms. The molecule has 2 amide bonds. The number of aryl methyl sites for hydroxylation is 1. The highest BCUT2D eigenvalue weighted by Crippen LogP contribution is 2.28. The van der Waals surface area contributed by atoms with Crippen LogP contribution in [0.3, 0.4) is 0 Å². The maximum absolute atomic E-state index is 15.1. The smallest absolute Gasteiger partial charge is 0.264 e. The van der Waals surface area contributed by atoms with Crippen LogP contribution in [0.2, 0.25) is 0 Å². The van der Waals surface area contributed by atoms with Crippen LogP contribution in [0.25, 0.3) is 0 Å². The van der Waals surface area contributed by atoms with Gasteiger partial charge in [-0.3, -0.25) is 13.9 Å². The van der Waals surface area contributed by atoms with Gasteiger partial charge in [-0.15, -0.1) is 0 Å². The van der Waals surface area contributed by atoms with E-state index < -0.39 is 34.3 Å². The van der Waals surface area contributed by atoms with Crippen molar-refractivity contribution in [3.63, 3.8) is 0 Å². The first-order valence-corrected chi connectivity index (χ1v) is 18.1. The lowest BCUT2D eigenvalue weighted by atomic mass is 9.94. The summed E-state index contributed by atoms with van der Waals surface area (Å²) < 4.78 is 45.2. The van der Waals surface area contributed by atoms with Gasteiger partial charge in [-0.25, -0.2) is 12.8 Å². The van der Waals surface area contributed by atoms with Crippen molar-refractivity contribution in [2.75, 3.05) is 10.8 Å². The van der Waals surface area contributed by atoms with Gasteiger partial charge in [0.2, 0.25) is 11.8 Å². The number of benzene rings is 4. The highest BCUT2D eigenvalue weighted by Gasteiger charge is 2.35. The number of rotatable bonds is 12. The molecule has 10 heteroatoms. The van der Waals surface area contributed by atoms with Crippen LogP contribution in [0.4, 0.5) is 10.1 Å². The van der Waals surface area contributed by atoms with Gasteiger partial charge in [0.1, 0.15) is 18.4 Å². The minimum atomic E-state index is -4.23. The van der Waals surface area contributed by atoms with Gasteiger partial charge in [-0.2, -0.15) is 0 Å². The van der Waals surface area contributed by atoms with Crippen LogP contribution in [0, 0.1) is 12.7 Å². The lowest BCUT2D eigenvalue weighted by molar-refractivity contribution is -0.140. The Hall–Kier alpha value is -4.02. The van der Waals surface area contributed by atoms with Crippen LogP contribution in [0.15, 0.2) is 112 Å². The molecule has 1 atom stereocenters. The maximum atomic E-state index is 15.1. The van der Waals surface area contributed by atoms with Crippen molar-refractivity contribution in [1.82, 2.24) is 10.2 Å². The van der Waals surface area contributed by atoms with Gasteiger partial charge in [0.15, 0.2) is 0 Å². The Kier molecular flexibility index (Phi) is 11.5. The van der Waals surface area contributed by atoms with Crippen LogP contribution in [0.1, 0.15) is 48.8 Å². The molecule has 1 unspecified atom stereocenters. The van der Waals surface area contributed by atoms with Crippen molar-refractivity contribution in [2.24, 2.45) is 0 Å². The fraction of sp³-hybridized carbons (Fsp3) is 0.297. The van der Waals surface area contributed by atoms with E-state index in [1.54, 1.807) is 54.6 Å². The summed E-state index contributed by atoms with van der Waals surface area (Å²) >= 11 is 3.43. The van der Waals surface area contributed by atoms with E-state index in [-0.39, 0.29) is 41.1 Å². The third kappa shape index (κ3) is 8.87. The SMILES string of the molecule is Cc1ccc(S(=O)(=O)N(CC(=O)N(Cc2ccccc2F)C(Cc2ccccc2)C(=O)NC2CCCCC2)c2cccc(Br)c2)cc1. The monoisotopic (exact) mass is 719 g/mol. The zero-order valence-corrected chi connectivity index (χ0v) is 28.7. The van der Waals surface area contributed by atoms with E-state index in [2.05, 4.69) is 21.2 Å². The van der Waals surface area contributed by atoms with E-state index in [0.29, 0.717) is 4.47 Å². The molecule has 4 aromatic carbocycles. The predicted molar refractivity (Wildman–Crippen MR) is 186 cm³/mol. The predicted octanol–water partition coefficient (Wildman–Crippen LogP) is 7.18. The molecule has 5 rings (SSSR count). The average molecular weight is 721 g/mol. The Bertz CT molecular complexity index is 1780. The Balaban J connectivity index is 1.57. The van der Waals surface area contributed by atoms with Gasteiger partial charge in [0, 0.05) is 29.0 Å². The second-order valence-corrected chi connectivity index (χ2v) is 14.7. The Labute approximate surface area is 285 Å². The van der Waals surface area contributed by atoms with Gasteiger partial charge in [0.05, 0.1) is 10.6 Å². The number of hydrogen-bond acceptors (Lipinski definition) is 4. The summed E-state index contributed by atoms with van der Waals surface area (Å²) in [5, 5.41) is 3.16. The van der Waals surface area contributed by atoms with Crippen molar-refractivity contribution in [3.05, 3.63) is 130 Å². The normalized spacial score (nSPS) is 14.3. The molecule has 0 bridgehead atoms. The Morgan fingerprint density at radius 1 is 0.894 bits per heavy atom. The van der Waals surface area contributed by atoms with Crippen LogP contribution in [0.5, 0.6) is 0 Å². The molecule has 0 radical (unpaired) electrons. The zero-order chi connectivity index (χ0) is 33.4. The Morgan fingerprint density at radius 3 is 2.26 bits per heavy atom.